The number of rotatable bonds is 4. The molecule has 116 valence electrons. The van der Waals surface area contributed by atoms with E-state index in [0.29, 0.717) is 12.3 Å². The van der Waals surface area contributed by atoms with Crippen molar-refractivity contribution in [3.63, 3.8) is 0 Å². The number of amides is 2. The number of aliphatic hydroxyl groups is 1. The highest BCUT2D eigenvalue weighted by atomic mass is 16.3. The van der Waals surface area contributed by atoms with E-state index in [1.807, 2.05) is 0 Å². The average molecular weight is 293 g/mol. The number of aliphatic hydroxyl groups excluding tert-OH is 1. The normalized spacial score (nSPS) is 22.8. The summed E-state index contributed by atoms with van der Waals surface area (Å²) in [4.78, 5) is 35.8. The quantitative estimate of drug-likeness (QED) is 0.491. The summed E-state index contributed by atoms with van der Waals surface area (Å²) < 4.78 is 0. The topological polar surface area (TPSA) is 74.7 Å². The van der Waals surface area contributed by atoms with Crippen molar-refractivity contribution in [2.75, 3.05) is 6.54 Å². The van der Waals surface area contributed by atoms with E-state index in [-0.39, 0.29) is 17.9 Å². The summed E-state index contributed by atoms with van der Waals surface area (Å²) in [6, 6.07) is 0. The molecule has 2 amide bonds. The van der Waals surface area contributed by atoms with E-state index in [4.69, 9.17) is 0 Å². The summed E-state index contributed by atoms with van der Waals surface area (Å²) in [6.45, 7) is 1.00. The molecule has 2 aliphatic rings. The maximum atomic E-state index is 11.9. The number of carbonyl (C=O) groups excluding carboxylic acids is 3. The van der Waals surface area contributed by atoms with Crippen LogP contribution in [0.5, 0.6) is 0 Å². The van der Waals surface area contributed by atoms with Gasteiger partial charge in [0.25, 0.3) is 5.91 Å². The van der Waals surface area contributed by atoms with Crippen molar-refractivity contribution in [3.8, 4) is 0 Å². The molecule has 2 rings (SSSR count). The Morgan fingerprint density at radius 1 is 1.24 bits per heavy atom. The Morgan fingerprint density at radius 2 is 1.90 bits per heavy atom. The van der Waals surface area contributed by atoms with Crippen molar-refractivity contribution in [2.24, 2.45) is 5.92 Å². The number of hydrogen-bond acceptors (Lipinski definition) is 4. The fraction of sp³-hybridized carbons (Fsp3) is 0.688. The molecule has 1 aliphatic heterocycles. The lowest BCUT2D eigenvalue weighted by Gasteiger charge is -2.21. The Balaban J connectivity index is 1.91. The molecule has 2 fully saturated rings. The number of Topliss-reactive ketones (excluding diaryl/α,β-unsaturated/α-hetero) is 1. The molecular formula is C16H23NO4. The number of allylic oxidation sites excluding steroid dienone is 1. The minimum atomic E-state index is -0.650. The van der Waals surface area contributed by atoms with Gasteiger partial charge >= 0.3 is 0 Å². The second-order valence-corrected chi connectivity index (χ2v) is 6.05. The van der Waals surface area contributed by atoms with Crippen molar-refractivity contribution >= 4 is 17.6 Å². The summed E-state index contributed by atoms with van der Waals surface area (Å²) in [5.74, 6) is -1.00. The zero-order valence-electron chi connectivity index (χ0n) is 12.6. The average Bonchev–Trinajstić information content (AvgIpc) is 2.75. The summed E-state index contributed by atoms with van der Waals surface area (Å²) in [7, 11) is 0. The Bertz CT molecular complexity index is 475. The highest BCUT2D eigenvalue weighted by Gasteiger charge is 2.38. The zero-order valence-corrected chi connectivity index (χ0v) is 12.6. The second-order valence-electron chi connectivity index (χ2n) is 6.05. The van der Waals surface area contributed by atoms with Crippen LogP contribution in [0.4, 0.5) is 0 Å². The predicted octanol–water partition coefficient (Wildman–Crippen LogP) is 2.51. The first-order valence-electron chi connectivity index (χ1n) is 7.78. The molecule has 0 bridgehead atoms. The van der Waals surface area contributed by atoms with Gasteiger partial charge in [-0.05, 0) is 12.3 Å². The van der Waals surface area contributed by atoms with E-state index in [2.05, 4.69) is 0 Å². The molecule has 1 aliphatic carbocycles. The zero-order chi connectivity index (χ0) is 15.4. The van der Waals surface area contributed by atoms with Crippen LogP contribution in [0.2, 0.25) is 0 Å². The first-order chi connectivity index (χ1) is 10.0. The fourth-order valence-electron chi connectivity index (χ4n) is 3.25. The van der Waals surface area contributed by atoms with Gasteiger partial charge in [-0.15, -0.1) is 0 Å². The molecular weight excluding hydrogens is 270 g/mol. The van der Waals surface area contributed by atoms with Crippen molar-refractivity contribution in [3.05, 3.63) is 11.3 Å². The number of nitrogens with zero attached hydrogens (tertiary/aromatic N) is 1. The molecule has 1 heterocycles. The highest BCUT2D eigenvalue weighted by Crippen LogP contribution is 2.29. The van der Waals surface area contributed by atoms with Crippen LogP contribution in [0, 0.1) is 5.92 Å². The largest absolute Gasteiger partial charge is 0.511 e. The molecule has 0 aromatic heterocycles. The van der Waals surface area contributed by atoms with E-state index >= 15 is 0 Å². The van der Waals surface area contributed by atoms with Crippen LogP contribution < -0.4 is 0 Å². The molecule has 0 radical (unpaired) electrons. The van der Waals surface area contributed by atoms with E-state index < -0.39 is 17.6 Å². The number of likely N-dealkylation sites (tertiary alicyclic amines) is 1. The van der Waals surface area contributed by atoms with Gasteiger partial charge in [-0.3, -0.25) is 19.3 Å². The van der Waals surface area contributed by atoms with Crippen LogP contribution in [0.3, 0.4) is 0 Å². The lowest BCUT2D eigenvalue weighted by Crippen LogP contribution is -2.30. The van der Waals surface area contributed by atoms with E-state index in [9.17, 15) is 19.5 Å². The van der Waals surface area contributed by atoms with Crippen LogP contribution in [0.15, 0.2) is 11.3 Å². The number of hydrogen-bond donors (Lipinski definition) is 1. The van der Waals surface area contributed by atoms with Crippen molar-refractivity contribution in [1.29, 1.82) is 0 Å². The van der Waals surface area contributed by atoms with Crippen LogP contribution in [-0.2, 0) is 14.4 Å². The van der Waals surface area contributed by atoms with Gasteiger partial charge in [-0.2, -0.15) is 0 Å². The lowest BCUT2D eigenvalue weighted by atomic mass is 9.85. The van der Waals surface area contributed by atoms with E-state index in [1.54, 1.807) is 0 Å². The summed E-state index contributed by atoms with van der Waals surface area (Å²) in [5, 5.41) is 10.0. The summed E-state index contributed by atoms with van der Waals surface area (Å²) in [5.41, 5.74) is -0.186. The SMILES string of the molecule is CC(=O)N1CC(=O)/C(=C(/O)CCCC2CCCCC2)C1=O. The molecule has 0 atom stereocenters. The smallest absolute Gasteiger partial charge is 0.267 e. The minimum Gasteiger partial charge on any atom is -0.511 e. The van der Waals surface area contributed by atoms with Gasteiger partial charge in [0, 0.05) is 13.3 Å². The molecule has 0 unspecified atom stereocenters. The van der Waals surface area contributed by atoms with Gasteiger partial charge in [0.15, 0.2) is 5.78 Å². The first kappa shape index (κ1) is 15.7. The number of carbonyl (C=O) groups is 3. The monoisotopic (exact) mass is 293 g/mol. The predicted molar refractivity (Wildman–Crippen MR) is 77.5 cm³/mol. The van der Waals surface area contributed by atoms with Gasteiger partial charge in [0.1, 0.15) is 11.3 Å². The molecule has 1 N–H and O–H groups in total. The van der Waals surface area contributed by atoms with Crippen LogP contribution >= 0.6 is 0 Å². The molecule has 5 nitrogen and oxygen atoms in total. The standard InChI is InChI=1S/C16H23NO4/c1-11(18)17-10-14(20)15(16(17)21)13(19)9-5-8-12-6-3-2-4-7-12/h12,19H,2-10H2,1H3/b15-13-. The Hall–Kier alpha value is -1.65. The van der Waals surface area contributed by atoms with Gasteiger partial charge < -0.3 is 5.11 Å². The highest BCUT2D eigenvalue weighted by molar-refractivity contribution is 6.28. The maximum absolute atomic E-state index is 11.9. The van der Waals surface area contributed by atoms with E-state index in [1.165, 1.54) is 39.0 Å². The Kier molecular flexibility index (Phi) is 5.15. The third kappa shape index (κ3) is 3.71. The lowest BCUT2D eigenvalue weighted by molar-refractivity contribution is -0.139. The molecule has 5 heteroatoms. The first-order valence-corrected chi connectivity index (χ1v) is 7.78. The van der Waals surface area contributed by atoms with Gasteiger partial charge in [0.2, 0.25) is 5.91 Å². The van der Waals surface area contributed by atoms with Crippen LogP contribution in [0.25, 0.3) is 0 Å². The molecule has 0 aromatic rings. The van der Waals surface area contributed by atoms with Gasteiger partial charge in [-0.25, -0.2) is 0 Å². The Labute approximate surface area is 125 Å². The Morgan fingerprint density at radius 3 is 2.48 bits per heavy atom. The maximum Gasteiger partial charge on any atom is 0.267 e. The van der Waals surface area contributed by atoms with E-state index in [0.717, 1.165) is 17.7 Å². The molecule has 0 spiro atoms. The second kappa shape index (κ2) is 6.87. The third-order valence-electron chi connectivity index (χ3n) is 4.46. The molecule has 21 heavy (non-hydrogen) atoms. The van der Waals surface area contributed by atoms with Crippen molar-refractivity contribution in [2.45, 2.75) is 58.3 Å². The number of ketones is 1. The minimum absolute atomic E-state index is 0.149. The van der Waals surface area contributed by atoms with Gasteiger partial charge in [-0.1, -0.05) is 38.5 Å². The van der Waals surface area contributed by atoms with Crippen molar-refractivity contribution in [1.82, 2.24) is 4.90 Å². The third-order valence-corrected chi connectivity index (χ3v) is 4.46. The molecule has 1 saturated carbocycles. The molecule has 0 aromatic carbocycles. The summed E-state index contributed by atoms with van der Waals surface area (Å²) in [6.07, 6.45) is 8.51. The van der Waals surface area contributed by atoms with Gasteiger partial charge in [0.05, 0.1) is 6.54 Å². The van der Waals surface area contributed by atoms with Crippen LogP contribution in [-0.4, -0.2) is 34.1 Å². The fourth-order valence-corrected chi connectivity index (χ4v) is 3.25. The number of imide groups is 1. The summed E-state index contributed by atoms with van der Waals surface area (Å²) >= 11 is 0. The van der Waals surface area contributed by atoms with Crippen molar-refractivity contribution < 1.29 is 19.5 Å². The van der Waals surface area contributed by atoms with Crippen LogP contribution in [0.1, 0.15) is 58.3 Å². The molecule has 1 saturated heterocycles.